The molecule has 2 fully saturated rings. The minimum absolute atomic E-state index is 0.0473. The highest BCUT2D eigenvalue weighted by Gasteiger charge is 2.35. The van der Waals surface area contributed by atoms with Crippen LogP contribution in [0, 0.1) is 5.92 Å². The molecule has 0 unspecified atom stereocenters. The Morgan fingerprint density at radius 3 is 2.48 bits per heavy atom. The van der Waals surface area contributed by atoms with Crippen molar-refractivity contribution in [1.82, 2.24) is 10.2 Å². The van der Waals surface area contributed by atoms with Gasteiger partial charge in [-0.1, -0.05) is 12.1 Å². The van der Waals surface area contributed by atoms with E-state index in [1.54, 1.807) is 0 Å². The maximum Gasteiger partial charge on any atom is 0.319 e. The molecule has 25 heavy (non-hydrogen) atoms. The first-order chi connectivity index (χ1) is 12.1. The Hall–Kier alpha value is -2.12. The van der Waals surface area contributed by atoms with Gasteiger partial charge >= 0.3 is 12.0 Å². The van der Waals surface area contributed by atoms with Crippen molar-refractivity contribution in [2.24, 2.45) is 5.92 Å². The predicted molar refractivity (Wildman–Crippen MR) is 93.7 cm³/mol. The molecule has 3 N–H and O–H groups in total. The van der Waals surface area contributed by atoms with Crippen LogP contribution < -0.4 is 10.6 Å². The van der Waals surface area contributed by atoms with Crippen LogP contribution in [0.2, 0.25) is 0 Å². The number of aliphatic carboxylic acids is 1. The Labute approximate surface area is 147 Å². The van der Waals surface area contributed by atoms with Crippen LogP contribution in [0.5, 0.6) is 0 Å². The molecular weight excluding hydrogens is 322 g/mol. The summed E-state index contributed by atoms with van der Waals surface area (Å²) in [5.74, 6) is -1.11. The van der Waals surface area contributed by atoms with Crippen molar-refractivity contribution in [3.63, 3.8) is 0 Å². The first-order valence-electron chi connectivity index (χ1n) is 8.79. The van der Waals surface area contributed by atoms with Crippen LogP contribution in [-0.2, 0) is 16.0 Å². The van der Waals surface area contributed by atoms with Gasteiger partial charge < -0.3 is 20.5 Å². The summed E-state index contributed by atoms with van der Waals surface area (Å²) in [6.45, 7) is 4.62. The lowest BCUT2D eigenvalue weighted by atomic mass is 9.80. The molecule has 1 saturated heterocycles. The van der Waals surface area contributed by atoms with Gasteiger partial charge in [-0.2, -0.15) is 0 Å². The van der Waals surface area contributed by atoms with E-state index in [4.69, 9.17) is 9.84 Å². The summed E-state index contributed by atoms with van der Waals surface area (Å²) in [6, 6.07) is 7.52. The Balaban J connectivity index is 1.38. The van der Waals surface area contributed by atoms with Crippen LogP contribution in [0.25, 0.3) is 0 Å². The number of carboxylic acid groups (broad SMARTS) is 1. The molecule has 1 aromatic rings. The van der Waals surface area contributed by atoms with Gasteiger partial charge in [0.25, 0.3) is 0 Å². The fourth-order valence-electron chi connectivity index (χ4n) is 3.16. The highest BCUT2D eigenvalue weighted by atomic mass is 16.5. The lowest BCUT2D eigenvalue weighted by Crippen LogP contribution is -2.48. The molecule has 7 heteroatoms. The van der Waals surface area contributed by atoms with Crippen molar-refractivity contribution < 1.29 is 19.4 Å². The van der Waals surface area contributed by atoms with Crippen LogP contribution in [0.15, 0.2) is 24.3 Å². The van der Waals surface area contributed by atoms with Crippen molar-refractivity contribution in [1.29, 1.82) is 0 Å². The molecule has 1 heterocycles. The molecule has 3 rings (SSSR count). The number of carboxylic acids is 1. The van der Waals surface area contributed by atoms with Crippen molar-refractivity contribution in [2.45, 2.75) is 25.3 Å². The third-order valence-electron chi connectivity index (χ3n) is 4.85. The summed E-state index contributed by atoms with van der Waals surface area (Å²) >= 11 is 0. The van der Waals surface area contributed by atoms with Gasteiger partial charge in [-0.15, -0.1) is 0 Å². The summed E-state index contributed by atoms with van der Waals surface area (Å²) in [5.41, 5.74) is 1.97. The number of carbonyl (C=O) groups excluding carboxylic acids is 1. The quantitative estimate of drug-likeness (QED) is 0.726. The topological polar surface area (TPSA) is 90.9 Å². The van der Waals surface area contributed by atoms with Crippen molar-refractivity contribution in [3.8, 4) is 0 Å². The van der Waals surface area contributed by atoms with Crippen LogP contribution in [-0.4, -0.2) is 60.9 Å². The normalized spacial score (nSPS) is 23.5. The van der Waals surface area contributed by atoms with Crippen molar-refractivity contribution >= 4 is 17.7 Å². The summed E-state index contributed by atoms with van der Waals surface area (Å²) in [7, 11) is 0. The molecule has 2 amide bonds. The molecule has 0 aromatic heterocycles. The maximum atomic E-state index is 11.9. The Bertz CT molecular complexity index is 593. The fraction of sp³-hybridized carbons (Fsp3) is 0.556. The zero-order chi connectivity index (χ0) is 17.6. The molecule has 0 atom stereocenters. The highest BCUT2D eigenvalue weighted by molar-refractivity contribution is 5.89. The van der Waals surface area contributed by atoms with Gasteiger partial charge in [-0.3, -0.25) is 9.69 Å². The summed E-state index contributed by atoms with van der Waals surface area (Å²) < 4.78 is 5.34. The summed E-state index contributed by atoms with van der Waals surface area (Å²) in [6.07, 6.45) is 1.98. The molecule has 0 spiro atoms. The van der Waals surface area contributed by atoms with E-state index in [1.165, 1.54) is 5.56 Å². The molecule has 1 aliphatic heterocycles. The first-order valence-corrected chi connectivity index (χ1v) is 8.79. The lowest BCUT2D eigenvalue weighted by molar-refractivity contribution is -0.145. The smallest absolute Gasteiger partial charge is 0.319 e. The van der Waals surface area contributed by atoms with Gasteiger partial charge in [0.15, 0.2) is 0 Å². The predicted octanol–water partition coefficient (Wildman–Crippen LogP) is 1.55. The third kappa shape index (κ3) is 5.17. The zero-order valence-electron chi connectivity index (χ0n) is 14.2. The molecule has 136 valence electrons. The lowest BCUT2D eigenvalue weighted by Gasteiger charge is -2.32. The second-order valence-corrected chi connectivity index (χ2v) is 6.70. The number of benzene rings is 1. The van der Waals surface area contributed by atoms with Crippen LogP contribution in [0.1, 0.15) is 18.4 Å². The molecule has 1 aliphatic carbocycles. The number of anilines is 1. The SMILES string of the molecule is O=C(Nc1ccc(CCN2CCOCC2)cc1)NC1CC(C(=O)O)C1. The van der Waals surface area contributed by atoms with Gasteiger partial charge in [0.1, 0.15) is 0 Å². The standard InChI is InChI=1S/C18H25N3O4/c22-17(23)14-11-16(12-14)20-18(24)19-15-3-1-13(2-4-15)5-6-21-7-9-25-10-8-21/h1-4,14,16H,5-12H2,(H,22,23)(H2,19,20,24). The molecule has 2 aliphatic rings. The molecule has 0 bridgehead atoms. The van der Waals surface area contributed by atoms with E-state index in [1.807, 2.05) is 24.3 Å². The van der Waals surface area contributed by atoms with E-state index in [0.29, 0.717) is 12.8 Å². The maximum absolute atomic E-state index is 11.9. The number of amides is 2. The summed E-state index contributed by atoms with van der Waals surface area (Å²) in [4.78, 5) is 25.1. The Morgan fingerprint density at radius 1 is 1.16 bits per heavy atom. The van der Waals surface area contributed by atoms with E-state index < -0.39 is 5.97 Å². The summed E-state index contributed by atoms with van der Waals surface area (Å²) in [5, 5.41) is 14.4. The minimum Gasteiger partial charge on any atom is -0.481 e. The van der Waals surface area contributed by atoms with Gasteiger partial charge in [0.05, 0.1) is 19.1 Å². The second-order valence-electron chi connectivity index (χ2n) is 6.70. The number of morpholine rings is 1. The average Bonchev–Trinajstić information content (AvgIpc) is 2.58. The van der Waals surface area contributed by atoms with E-state index >= 15 is 0 Å². The first kappa shape index (κ1) is 17.7. The van der Waals surface area contributed by atoms with Gasteiger partial charge in [0, 0.05) is 31.4 Å². The van der Waals surface area contributed by atoms with Crippen molar-refractivity contribution in [2.75, 3.05) is 38.2 Å². The second kappa shape index (κ2) is 8.31. The van der Waals surface area contributed by atoms with E-state index in [9.17, 15) is 9.59 Å². The number of carbonyl (C=O) groups is 2. The van der Waals surface area contributed by atoms with Gasteiger partial charge in [-0.05, 0) is 37.0 Å². The van der Waals surface area contributed by atoms with Crippen LogP contribution in [0.3, 0.4) is 0 Å². The third-order valence-corrected chi connectivity index (χ3v) is 4.85. The number of nitrogens with zero attached hydrogens (tertiary/aromatic N) is 1. The molecule has 7 nitrogen and oxygen atoms in total. The molecule has 0 radical (unpaired) electrons. The zero-order valence-corrected chi connectivity index (χ0v) is 14.2. The van der Waals surface area contributed by atoms with Crippen LogP contribution in [0.4, 0.5) is 10.5 Å². The van der Waals surface area contributed by atoms with Gasteiger partial charge in [-0.25, -0.2) is 4.79 Å². The number of urea groups is 1. The number of ether oxygens (including phenoxy) is 1. The fourth-order valence-corrected chi connectivity index (χ4v) is 3.16. The Morgan fingerprint density at radius 2 is 1.84 bits per heavy atom. The number of rotatable bonds is 6. The van der Waals surface area contributed by atoms with E-state index in [-0.39, 0.29) is 18.0 Å². The molecular formula is C18H25N3O4. The number of hydrogen-bond acceptors (Lipinski definition) is 4. The molecule has 1 aromatic carbocycles. The monoisotopic (exact) mass is 347 g/mol. The highest BCUT2D eigenvalue weighted by Crippen LogP contribution is 2.27. The Kier molecular flexibility index (Phi) is 5.88. The minimum atomic E-state index is -0.786. The number of hydrogen-bond donors (Lipinski definition) is 3. The number of nitrogens with one attached hydrogen (secondary N) is 2. The van der Waals surface area contributed by atoms with Gasteiger partial charge in [0.2, 0.25) is 0 Å². The van der Waals surface area contributed by atoms with E-state index in [2.05, 4.69) is 15.5 Å². The molecule has 1 saturated carbocycles. The largest absolute Gasteiger partial charge is 0.481 e. The van der Waals surface area contributed by atoms with Crippen LogP contribution >= 0.6 is 0 Å². The van der Waals surface area contributed by atoms with Crippen molar-refractivity contribution in [3.05, 3.63) is 29.8 Å². The average molecular weight is 347 g/mol. The van der Waals surface area contributed by atoms with E-state index in [0.717, 1.165) is 45.0 Å².